The summed E-state index contributed by atoms with van der Waals surface area (Å²) in [5, 5.41) is 0. The van der Waals surface area contributed by atoms with Crippen LogP contribution in [0.25, 0.3) is 0 Å². The van der Waals surface area contributed by atoms with Crippen molar-refractivity contribution >= 4 is 0 Å². The van der Waals surface area contributed by atoms with Gasteiger partial charge in [-0.05, 0) is 30.6 Å². The highest BCUT2D eigenvalue weighted by Crippen LogP contribution is 2.41. The molecule has 3 atom stereocenters. The Kier molecular flexibility index (Phi) is 2.41. The van der Waals surface area contributed by atoms with Gasteiger partial charge in [0.25, 0.3) is 0 Å². The second kappa shape index (κ2) is 3.00. The molecule has 1 aliphatic rings. The van der Waals surface area contributed by atoms with Crippen LogP contribution in [0.2, 0.25) is 0 Å². The Labute approximate surface area is 70.7 Å². The van der Waals surface area contributed by atoms with Crippen LogP contribution in [0.15, 0.2) is 11.6 Å². The molecule has 0 bridgehead atoms. The van der Waals surface area contributed by atoms with Gasteiger partial charge in [0.2, 0.25) is 0 Å². The summed E-state index contributed by atoms with van der Waals surface area (Å²) in [6.45, 7) is 11.6. The van der Waals surface area contributed by atoms with Gasteiger partial charge in [-0.2, -0.15) is 0 Å². The minimum absolute atomic E-state index is 0.825. The highest BCUT2D eigenvalue weighted by atomic mass is 14.4. The molecular formula is C11H20. The summed E-state index contributed by atoms with van der Waals surface area (Å²) in [4.78, 5) is 0. The third-order valence-corrected chi connectivity index (χ3v) is 3.24. The quantitative estimate of drug-likeness (QED) is 0.531. The second-order valence-electron chi connectivity index (χ2n) is 4.40. The van der Waals surface area contributed by atoms with Crippen LogP contribution in [0.1, 0.15) is 34.6 Å². The smallest absolute Gasteiger partial charge is 0.0117 e. The Morgan fingerprint density at radius 2 is 1.82 bits per heavy atom. The fourth-order valence-corrected chi connectivity index (χ4v) is 2.23. The molecule has 0 heteroatoms. The highest BCUT2D eigenvalue weighted by Gasteiger charge is 2.31. The van der Waals surface area contributed by atoms with Gasteiger partial charge in [0.1, 0.15) is 0 Å². The van der Waals surface area contributed by atoms with Crippen molar-refractivity contribution in [3.63, 3.8) is 0 Å². The predicted molar refractivity (Wildman–Crippen MR) is 50.4 cm³/mol. The second-order valence-corrected chi connectivity index (χ2v) is 4.40. The molecule has 0 radical (unpaired) electrons. The molecule has 0 saturated carbocycles. The van der Waals surface area contributed by atoms with Crippen LogP contribution >= 0.6 is 0 Å². The van der Waals surface area contributed by atoms with Gasteiger partial charge in [-0.3, -0.25) is 0 Å². The van der Waals surface area contributed by atoms with Crippen molar-refractivity contribution in [3.8, 4) is 0 Å². The molecule has 0 spiro atoms. The zero-order valence-corrected chi connectivity index (χ0v) is 8.39. The minimum atomic E-state index is 0.825. The average molecular weight is 152 g/mol. The monoisotopic (exact) mass is 152 g/mol. The van der Waals surface area contributed by atoms with E-state index in [1.165, 1.54) is 0 Å². The van der Waals surface area contributed by atoms with Crippen LogP contribution in [-0.2, 0) is 0 Å². The first-order valence-corrected chi connectivity index (χ1v) is 4.72. The molecule has 1 aliphatic carbocycles. The Bertz CT molecular complexity index is 165. The van der Waals surface area contributed by atoms with E-state index in [0.717, 1.165) is 23.7 Å². The van der Waals surface area contributed by atoms with Gasteiger partial charge in [0.05, 0.1) is 0 Å². The van der Waals surface area contributed by atoms with Crippen LogP contribution in [0.3, 0.4) is 0 Å². The Balaban J connectivity index is 2.57. The van der Waals surface area contributed by atoms with Gasteiger partial charge < -0.3 is 0 Å². The maximum Gasteiger partial charge on any atom is -0.0117 e. The summed E-state index contributed by atoms with van der Waals surface area (Å²) in [5.74, 6) is 3.38. The van der Waals surface area contributed by atoms with Gasteiger partial charge in [0.15, 0.2) is 0 Å². The van der Waals surface area contributed by atoms with E-state index in [1.54, 1.807) is 5.57 Å². The van der Waals surface area contributed by atoms with Gasteiger partial charge in [-0.25, -0.2) is 0 Å². The summed E-state index contributed by atoms with van der Waals surface area (Å²) < 4.78 is 0. The predicted octanol–water partition coefficient (Wildman–Crippen LogP) is 3.49. The van der Waals surface area contributed by atoms with E-state index in [9.17, 15) is 0 Å². The summed E-state index contributed by atoms with van der Waals surface area (Å²) in [5.41, 5.74) is 1.61. The Morgan fingerprint density at radius 3 is 2.00 bits per heavy atom. The molecule has 0 aromatic carbocycles. The Hall–Kier alpha value is -0.260. The lowest BCUT2D eigenvalue weighted by atomic mass is 9.67. The Morgan fingerprint density at radius 1 is 1.27 bits per heavy atom. The van der Waals surface area contributed by atoms with Crippen molar-refractivity contribution < 1.29 is 0 Å². The van der Waals surface area contributed by atoms with Gasteiger partial charge in [-0.15, -0.1) is 0 Å². The van der Waals surface area contributed by atoms with E-state index in [4.69, 9.17) is 0 Å². The van der Waals surface area contributed by atoms with E-state index < -0.39 is 0 Å². The summed E-state index contributed by atoms with van der Waals surface area (Å²) in [6, 6.07) is 0. The maximum absolute atomic E-state index is 2.39. The molecule has 0 aromatic rings. The van der Waals surface area contributed by atoms with Gasteiger partial charge in [-0.1, -0.05) is 39.3 Å². The van der Waals surface area contributed by atoms with E-state index in [-0.39, 0.29) is 0 Å². The topological polar surface area (TPSA) is 0 Å². The van der Waals surface area contributed by atoms with Crippen LogP contribution < -0.4 is 0 Å². The van der Waals surface area contributed by atoms with Crippen molar-refractivity contribution in [2.45, 2.75) is 34.6 Å². The molecule has 0 amide bonds. The summed E-state index contributed by atoms with van der Waals surface area (Å²) in [6.07, 6.45) is 2.39. The molecule has 0 aliphatic heterocycles. The molecule has 0 N–H and O–H groups in total. The average Bonchev–Trinajstić information content (AvgIpc) is 1.86. The molecule has 11 heavy (non-hydrogen) atoms. The number of hydrogen-bond acceptors (Lipinski definition) is 0. The van der Waals surface area contributed by atoms with E-state index in [2.05, 4.69) is 40.7 Å². The highest BCUT2D eigenvalue weighted by molar-refractivity contribution is 5.20. The third-order valence-electron chi connectivity index (χ3n) is 3.24. The fourth-order valence-electron chi connectivity index (χ4n) is 2.23. The number of rotatable bonds is 2. The zero-order valence-electron chi connectivity index (χ0n) is 8.39. The lowest BCUT2D eigenvalue weighted by Gasteiger charge is -2.38. The van der Waals surface area contributed by atoms with E-state index in [1.807, 2.05) is 0 Å². The van der Waals surface area contributed by atoms with Crippen molar-refractivity contribution in [2.24, 2.45) is 23.7 Å². The third kappa shape index (κ3) is 1.50. The standard InChI is InChI=1S/C11H20/c1-7(2)10(5)11-8(3)6-9(11)4/h6-8,10-11H,1-5H3. The van der Waals surface area contributed by atoms with Gasteiger partial charge in [0, 0.05) is 0 Å². The first-order chi connectivity index (χ1) is 5.04. The van der Waals surface area contributed by atoms with E-state index >= 15 is 0 Å². The fraction of sp³-hybridized carbons (Fsp3) is 0.818. The first kappa shape index (κ1) is 8.83. The normalized spacial score (nSPS) is 33.1. The molecule has 1 rings (SSSR count). The van der Waals surface area contributed by atoms with E-state index in [0.29, 0.717) is 0 Å². The first-order valence-electron chi connectivity index (χ1n) is 4.72. The largest absolute Gasteiger partial charge is 0.0818 e. The zero-order chi connectivity index (χ0) is 8.59. The van der Waals surface area contributed by atoms with Crippen molar-refractivity contribution in [2.75, 3.05) is 0 Å². The van der Waals surface area contributed by atoms with Crippen molar-refractivity contribution in [1.82, 2.24) is 0 Å². The number of hydrogen-bond donors (Lipinski definition) is 0. The molecule has 0 fully saturated rings. The van der Waals surface area contributed by atoms with Gasteiger partial charge >= 0.3 is 0 Å². The number of allylic oxidation sites excluding steroid dienone is 2. The molecule has 3 unspecified atom stereocenters. The minimum Gasteiger partial charge on any atom is -0.0818 e. The van der Waals surface area contributed by atoms with Crippen LogP contribution in [0.4, 0.5) is 0 Å². The van der Waals surface area contributed by atoms with Crippen molar-refractivity contribution in [1.29, 1.82) is 0 Å². The molecule has 0 saturated heterocycles. The summed E-state index contributed by atoms with van der Waals surface area (Å²) >= 11 is 0. The molecule has 0 nitrogen and oxygen atoms in total. The lowest BCUT2D eigenvalue weighted by molar-refractivity contribution is 0.239. The van der Waals surface area contributed by atoms with Crippen LogP contribution in [0, 0.1) is 23.7 Å². The van der Waals surface area contributed by atoms with Crippen LogP contribution in [0.5, 0.6) is 0 Å². The molecule has 64 valence electrons. The van der Waals surface area contributed by atoms with Crippen molar-refractivity contribution in [3.05, 3.63) is 11.6 Å². The lowest BCUT2D eigenvalue weighted by Crippen LogP contribution is -2.30. The molecule has 0 heterocycles. The SMILES string of the molecule is CC1=CC(C)C1C(C)C(C)C. The van der Waals surface area contributed by atoms with Crippen LogP contribution in [-0.4, -0.2) is 0 Å². The summed E-state index contributed by atoms with van der Waals surface area (Å²) in [7, 11) is 0. The maximum atomic E-state index is 2.39. The molecule has 0 aromatic heterocycles. The molecular weight excluding hydrogens is 132 g/mol.